The van der Waals surface area contributed by atoms with Gasteiger partial charge in [-0.15, -0.1) is 0 Å². The normalized spacial score (nSPS) is 11.1. The van der Waals surface area contributed by atoms with Crippen LogP contribution in [0.2, 0.25) is 5.02 Å². The van der Waals surface area contributed by atoms with Gasteiger partial charge < -0.3 is 5.32 Å². The smallest absolute Gasteiger partial charge is 0.262 e. The maximum atomic E-state index is 12.7. The number of rotatable bonds is 7. The number of halogens is 1. The van der Waals surface area contributed by atoms with E-state index >= 15 is 0 Å². The zero-order valence-electron chi connectivity index (χ0n) is 15.9. The molecule has 0 unspecified atom stereocenters. The fourth-order valence-corrected chi connectivity index (χ4v) is 4.41. The van der Waals surface area contributed by atoms with Gasteiger partial charge in [-0.05, 0) is 48.7 Å². The second-order valence-electron chi connectivity index (χ2n) is 6.56. The Morgan fingerprint density at radius 3 is 2.38 bits per heavy atom. The highest BCUT2D eigenvalue weighted by molar-refractivity contribution is 7.92. The molecular weight excluding hydrogens is 408 g/mol. The number of anilines is 1. The third kappa shape index (κ3) is 5.37. The zero-order chi connectivity index (χ0) is 20.9. The van der Waals surface area contributed by atoms with Crippen molar-refractivity contribution in [2.24, 2.45) is 0 Å². The monoisotopic (exact) mass is 428 g/mol. The Balaban J connectivity index is 1.72. The molecule has 0 aliphatic carbocycles. The van der Waals surface area contributed by atoms with Crippen LogP contribution in [-0.2, 0) is 16.4 Å². The first-order chi connectivity index (χ1) is 13.9. The van der Waals surface area contributed by atoms with Gasteiger partial charge in [0.15, 0.2) is 0 Å². The molecule has 0 fully saturated rings. The minimum atomic E-state index is -3.83. The van der Waals surface area contributed by atoms with E-state index in [0.29, 0.717) is 24.1 Å². The second-order valence-corrected chi connectivity index (χ2v) is 8.62. The molecular formula is C22H21ClN2O3S. The second kappa shape index (κ2) is 9.11. The molecule has 0 bridgehead atoms. The first-order valence-corrected chi connectivity index (χ1v) is 10.9. The highest BCUT2D eigenvalue weighted by Crippen LogP contribution is 2.27. The summed E-state index contributed by atoms with van der Waals surface area (Å²) in [6.07, 6.45) is 0.701. The lowest BCUT2D eigenvalue weighted by molar-refractivity contribution is 0.0954. The van der Waals surface area contributed by atoms with Gasteiger partial charge >= 0.3 is 0 Å². The topological polar surface area (TPSA) is 75.3 Å². The van der Waals surface area contributed by atoms with Crippen molar-refractivity contribution in [3.63, 3.8) is 0 Å². The van der Waals surface area contributed by atoms with Crippen molar-refractivity contribution in [3.8, 4) is 0 Å². The molecule has 1 amide bonds. The first kappa shape index (κ1) is 20.9. The fourth-order valence-electron chi connectivity index (χ4n) is 2.87. The minimum absolute atomic E-state index is 0.158. The largest absolute Gasteiger partial charge is 0.352 e. The minimum Gasteiger partial charge on any atom is -0.352 e. The molecule has 29 heavy (non-hydrogen) atoms. The average Bonchev–Trinajstić information content (AvgIpc) is 2.70. The molecule has 0 atom stereocenters. The quantitative estimate of drug-likeness (QED) is 0.584. The number of carbonyl (C=O) groups excluding carboxylic acids is 1. The standard InChI is InChI=1S/C22H21ClN2O3S/c1-16-7-5-6-10-21(16)29(27,28)25-20-15-18(11-12-19(20)23)22(26)24-14-13-17-8-3-2-4-9-17/h2-12,15,25H,13-14H2,1H3,(H,24,26). The van der Waals surface area contributed by atoms with Gasteiger partial charge in [-0.2, -0.15) is 0 Å². The zero-order valence-corrected chi connectivity index (χ0v) is 17.4. The molecule has 0 spiro atoms. The van der Waals surface area contributed by atoms with Crippen molar-refractivity contribution in [1.29, 1.82) is 0 Å². The molecule has 0 heterocycles. The molecule has 0 aliphatic heterocycles. The van der Waals surface area contributed by atoms with Crippen molar-refractivity contribution in [3.05, 3.63) is 94.5 Å². The fraction of sp³-hybridized carbons (Fsp3) is 0.136. The third-order valence-electron chi connectivity index (χ3n) is 4.40. The number of carbonyl (C=O) groups is 1. The maximum Gasteiger partial charge on any atom is 0.262 e. The van der Waals surface area contributed by atoms with E-state index in [9.17, 15) is 13.2 Å². The number of benzene rings is 3. The summed E-state index contributed by atoms with van der Waals surface area (Å²) in [5.41, 5.74) is 2.22. The molecule has 0 aromatic heterocycles. The number of nitrogens with one attached hydrogen (secondary N) is 2. The van der Waals surface area contributed by atoms with Crippen molar-refractivity contribution < 1.29 is 13.2 Å². The summed E-state index contributed by atoms with van der Waals surface area (Å²) in [6.45, 7) is 2.18. The maximum absolute atomic E-state index is 12.7. The highest BCUT2D eigenvalue weighted by Gasteiger charge is 2.19. The number of hydrogen-bond acceptors (Lipinski definition) is 3. The Bertz CT molecular complexity index is 1120. The average molecular weight is 429 g/mol. The lowest BCUT2D eigenvalue weighted by atomic mass is 10.1. The molecule has 3 aromatic carbocycles. The van der Waals surface area contributed by atoms with Crippen LogP contribution >= 0.6 is 11.6 Å². The SMILES string of the molecule is Cc1ccccc1S(=O)(=O)Nc1cc(C(=O)NCCc2ccccc2)ccc1Cl. The lowest BCUT2D eigenvalue weighted by Gasteiger charge is -2.13. The van der Waals surface area contributed by atoms with Crippen LogP contribution in [0, 0.1) is 6.92 Å². The number of aryl methyl sites for hydroxylation is 1. The van der Waals surface area contributed by atoms with E-state index in [-0.39, 0.29) is 21.5 Å². The van der Waals surface area contributed by atoms with Gasteiger partial charge in [0.25, 0.3) is 15.9 Å². The molecule has 0 saturated heterocycles. The lowest BCUT2D eigenvalue weighted by Crippen LogP contribution is -2.26. The van der Waals surface area contributed by atoms with Crippen LogP contribution in [0.25, 0.3) is 0 Å². The van der Waals surface area contributed by atoms with Crippen molar-refractivity contribution in [2.75, 3.05) is 11.3 Å². The van der Waals surface area contributed by atoms with Crippen LogP contribution in [0.3, 0.4) is 0 Å². The van der Waals surface area contributed by atoms with Gasteiger partial charge in [-0.25, -0.2) is 8.42 Å². The highest BCUT2D eigenvalue weighted by atomic mass is 35.5. The number of sulfonamides is 1. The van der Waals surface area contributed by atoms with E-state index in [2.05, 4.69) is 10.0 Å². The third-order valence-corrected chi connectivity index (χ3v) is 6.25. The summed E-state index contributed by atoms with van der Waals surface area (Å²) in [6, 6.07) is 21.0. The van der Waals surface area contributed by atoms with E-state index < -0.39 is 10.0 Å². The van der Waals surface area contributed by atoms with E-state index in [1.54, 1.807) is 31.2 Å². The Morgan fingerprint density at radius 1 is 0.966 bits per heavy atom. The van der Waals surface area contributed by atoms with Crippen molar-refractivity contribution in [1.82, 2.24) is 5.32 Å². The Morgan fingerprint density at radius 2 is 1.66 bits per heavy atom. The van der Waals surface area contributed by atoms with Gasteiger partial charge in [0.05, 0.1) is 15.6 Å². The Hall–Kier alpha value is -2.83. The van der Waals surface area contributed by atoms with Gasteiger partial charge in [-0.1, -0.05) is 60.1 Å². The predicted octanol–water partition coefficient (Wildman–Crippen LogP) is 4.42. The summed E-state index contributed by atoms with van der Waals surface area (Å²) in [5, 5.41) is 3.05. The summed E-state index contributed by atoms with van der Waals surface area (Å²) < 4.78 is 27.9. The number of amides is 1. The summed E-state index contributed by atoms with van der Waals surface area (Å²) >= 11 is 6.16. The van der Waals surface area contributed by atoms with Gasteiger partial charge in [0, 0.05) is 12.1 Å². The Labute approximate surface area is 175 Å². The van der Waals surface area contributed by atoms with Crippen LogP contribution in [0.4, 0.5) is 5.69 Å². The summed E-state index contributed by atoms with van der Waals surface area (Å²) in [5.74, 6) is -0.297. The van der Waals surface area contributed by atoms with Crippen LogP contribution in [0.5, 0.6) is 0 Å². The first-order valence-electron chi connectivity index (χ1n) is 9.07. The summed E-state index contributed by atoms with van der Waals surface area (Å²) in [7, 11) is -3.83. The molecule has 0 radical (unpaired) electrons. The molecule has 0 saturated carbocycles. The van der Waals surface area contributed by atoms with Crippen LogP contribution in [0.15, 0.2) is 77.7 Å². The van der Waals surface area contributed by atoms with E-state index in [4.69, 9.17) is 11.6 Å². The predicted molar refractivity (Wildman–Crippen MR) is 116 cm³/mol. The molecule has 3 rings (SSSR count). The van der Waals surface area contributed by atoms with E-state index in [1.807, 2.05) is 30.3 Å². The molecule has 7 heteroatoms. The molecule has 0 aliphatic rings. The van der Waals surface area contributed by atoms with Gasteiger partial charge in [0.1, 0.15) is 0 Å². The van der Waals surface area contributed by atoms with Crippen LogP contribution < -0.4 is 10.0 Å². The summed E-state index contributed by atoms with van der Waals surface area (Å²) in [4.78, 5) is 12.6. The number of hydrogen-bond donors (Lipinski definition) is 2. The molecule has 150 valence electrons. The van der Waals surface area contributed by atoms with E-state index in [1.165, 1.54) is 18.2 Å². The van der Waals surface area contributed by atoms with E-state index in [0.717, 1.165) is 5.56 Å². The van der Waals surface area contributed by atoms with Crippen molar-refractivity contribution >= 4 is 33.2 Å². The molecule has 2 N–H and O–H groups in total. The van der Waals surface area contributed by atoms with Crippen LogP contribution in [-0.4, -0.2) is 20.9 Å². The molecule has 3 aromatic rings. The Kier molecular flexibility index (Phi) is 6.56. The van der Waals surface area contributed by atoms with Crippen LogP contribution in [0.1, 0.15) is 21.5 Å². The van der Waals surface area contributed by atoms with Crippen molar-refractivity contribution in [2.45, 2.75) is 18.2 Å². The molecule has 5 nitrogen and oxygen atoms in total. The van der Waals surface area contributed by atoms with Gasteiger partial charge in [0.2, 0.25) is 0 Å². The van der Waals surface area contributed by atoms with Gasteiger partial charge in [-0.3, -0.25) is 9.52 Å².